The minimum atomic E-state index is -4.87. The molecule has 0 saturated carbocycles. The molecule has 0 bridgehead atoms. The summed E-state index contributed by atoms with van der Waals surface area (Å²) in [6.45, 7) is 4.39. The van der Waals surface area contributed by atoms with E-state index in [9.17, 15) is 29.3 Å². The first kappa shape index (κ1) is 26.9. The van der Waals surface area contributed by atoms with Gasteiger partial charge >= 0.3 is 5.69 Å². The van der Waals surface area contributed by atoms with Crippen molar-refractivity contribution in [1.82, 2.24) is 9.55 Å². The number of aliphatic hydroxyl groups is 2. The van der Waals surface area contributed by atoms with Gasteiger partial charge in [0.25, 0.3) is 13.4 Å². The molecule has 0 amide bonds. The Morgan fingerprint density at radius 3 is 2.64 bits per heavy atom. The van der Waals surface area contributed by atoms with Crippen LogP contribution in [0, 0.1) is 20.8 Å². The van der Waals surface area contributed by atoms with Gasteiger partial charge in [-0.3, -0.25) is 18.9 Å². The summed E-state index contributed by atoms with van der Waals surface area (Å²) in [7, 11) is -4.87. The predicted molar refractivity (Wildman–Crippen MR) is 124 cm³/mol. The molecule has 2 aliphatic rings. The lowest BCUT2D eigenvalue weighted by atomic mass is 9.98. The number of nitrogens with one attached hydrogen (secondary N) is 1. The van der Waals surface area contributed by atoms with Gasteiger partial charge in [0.05, 0.1) is 31.5 Å². The Morgan fingerprint density at radius 1 is 1.17 bits per heavy atom. The van der Waals surface area contributed by atoms with Crippen molar-refractivity contribution >= 4 is 7.82 Å². The van der Waals surface area contributed by atoms with E-state index in [0.717, 1.165) is 21.3 Å². The van der Waals surface area contributed by atoms with Crippen LogP contribution in [0.3, 0.4) is 0 Å². The molecule has 3 unspecified atom stereocenters. The first-order valence-electron chi connectivity index (χ1n) is 11.6. The molecule has 13 heteroatoms. The molecule has 1 aromatic carbocycles. The number of rotatable bonds is 8. The molecule has 198 valence electrons. The van der Waals surface area contributed by atoms with E-state index < -0.39 is 69.0 Å². The zero-order valence-corrected chi connectivity index (χ0v) is 21.1. The van der Waals surface area contributed by atoms with Crippen molar-refractivity contribution in [3.8, 4) is 0 Å². The summed E-state index contributed by atoms with van der Waals surface area (Å²) in [6, 6.07) is 5.86. The highest BCUT2D eigenvalue weighted by molar-refractivity contribution is 7.45. The zero-order chi connectivity index (χ0) is 26.2. The summed E-state index contributed by atoms with van der Waals surface area (Å²) in [4.78, 5) is 38.4. The molecular weight excluding hydrogens is 495 g/mol. The number of nitrogens with zero attached hydrogens (tertiary/aromatic N) is 1. The Kier molecular flexibility index (Phi) is 7.98. The van der Waals surface area contributed by atoms with Gasteiger partial charge in [-0.15, -0.1) is 0 Å². The maximum Gasteiger partial charge on any atom is 0.330 e. The molecule has 2 aliphatic heterocycles. The van der Waals surface area contributed by atoms with Crippen LogP contribution in [0.25, 0.3) is 0 Å². The van der Waals surface area contributed by atoms with Crippen molar-refractivity contribution in [3.05, 3.63) is 67.5 Å². The number of hydrogen-bond acceptors (Lipinski definition) is 10. The molecule has 2 saturated heterocycles. The van der Waals surface area contributed by atoms with E-state index in [0.29, 0.717) is 0 Å². The SMILES string of the molecule is Cc1ccc(C)c([C@H]2CC(OP(=O)([O-])OC[C@H]3O[C@@H](n4cc(C)c(=O)[nH]c4=O)CC3O)[C@@H](CO)O2)c1. The van der Waals surface area contributed by atoms with Crippen molar-refractivity contribution in [2.24, 2.45) is 0 Å². The second-order valence-corrected chi connectivity index (χ2v) is 10.6. The fraction of sp³-hybridized carbons (Fsp3) is 0.565. The van der Waals surface area contributed by atoms with Crippen LogP contribution in [-0.4, -0.2) is 57.4 Å². The molecule has 0 radical (unpaired) electrons. The van der Waals surface area contributed by atoms with Gasteiger partial charge in [-0.2, -0.15) is 0 Å². The van der Waals surface area contributed by atoms with Crippen LogP contribution in [0.4, 0.5) is 0 Å². The largest absolute Gasteiger partial charge is 0.756 e. The standard InChI is InChI=1S/C23H31N2O10P/c1-12-4-5-13(2)15(6-12)17-8-18(19(10-26)33-17)35-36(30,31)32-11-20-16(27)7-21(34-20)25-9-14(3)22(28)24-23(25)29/h4-6,9,16-21,26-27H,7-8,10-11H2,1-3H3,(H,30,31)(H,24,28,29)/p-1/t16?,17-,18?,19-,20-,21-/m1/s1. The van der Waals surface area contributed by atoms with Crippen LogP contribution in [-0.2, 0) is 23.1 Å². The highest BCUT2D eigenvalue weighted by Gasteiger charge is 2.40. The molecule has 36 heavy (non-hydrogen) atoms. The molecule has 0 aliphatic carbocycles. The van der Waals surface area contributed by atoms with Gasteiger partial charge in [-0.25, -0.2) is 4.79 Å². The van der Waals surface area contributed by atoms with Gasteiger partial charge in [0.15, 0.2) is 0 Å². The summed E-state index contributed by atoms with van der Waals surface area (Å²) >= 11 is 0. The molecule has 2 fully saturated rings. The van der Waals surface area contributed by atoms with Crippen LogP contribution < -0.4 is 16.1 Å². The van der Waals surface area contributed by atoms with Crippen LogP contribution in [0.15, 0.2) is 34.0 Å². The molecule has 12 nitrogen and oxygen atoms in total. The Labute approximate surface area is 207 Å². The number of aromatic nitrogens is 2. The van der Waals surface area contributed by atoms with Gasteiger partial charge in [0.2, 0.25) is 0 Å². The summed E-state index contributed by atoms with van der Waals surface area (Å²) in [5, 5.41) is 20.0. The summed E-state index contributed by atoms with van der Waals surface area (Å²) in [5.74, 6) is 0. The second-order valence-electron chi connectivity index (χ2n) is 9.24. The number of H-pyrrole nitrogens is 1. The van der Waals surface area contributed by atoms with E-state index in [-0.39, 0.29) is 18.4 Å². The highest BCUT2D eigenvalue weighted by Crippen LogP contribution is 2.47. The fourth-order valence-corrected chi connectivity index (χ4v) is 5.44. The van der Waals surface area contributed by atoms with Crippen LogP contribution in [0.2, 0.25) is 0 Å². The maximum atomic E-state index is 12.6. The van der Waals surface area contributed by atoms with Crippen molar-refractivity contribution < 1.29 is 38.2 Å². The van der Waals surface area contributed by atoms with E-state index in [1.807, 2.05) is 32.0 Å². The third-order valence-electron chi connectivity index (χ3n) is 6.48. The lowest BCUT2D eigenvalue weighted by molar-refractivity contribution is -0.234. The number of ether oxygens (including phenoxy) is 2. The number of benzene rings is 1. The number of aromatic amines is 1. The summed E-state index contributed by atoms with van der Waals surface area (Å²) < 4.78 is 35.4. The lowest BCUT2D eigenvalue weighted by Crippen LogP contribution is -2.33. The molecule has 3 heterocycles. The lowest BCUT2D eigenvalue weighted by Gasteiger charge is -2.29. The van der Waals surface area contributed by atoms with Gasteiger partial charge in [0.1, 0.15) is 18.4 Å². The topological polar surface area (TPSA) is 172 Å². The Morgan fingerprint density at radius 2 is 1.92 bits per heavy atom. The molecule has 7 atom stereocenters. The molecule has 1 aromatic heterocycles. The van der Waals surface area contributed by atoms with Gasteiger partial charge < -0.3 is 33.6 Å². The molecule has 4 rings (SSSR count). The second kappa shape index (κ2) is 10.7. The van der Waals surface area contributed by atoms with E-state index in [4.69, 9.17) is 18.5 Å². The van der Waals surface area contributed by atoms with Gasteiger partial charge in [0, 0.05) is 24.6 Å². The quantitative estimate of drug-likeness (QED) is 0.412. The van der Waals surface area contributed by atoms with E-state index in [2.05, 4.69) is 4.98 Å². The summed E-state index contributed by atoms with van der Waals surface area (Å²) in [5.41, 5.74) is 1.93. The van der Waals surface area contributed by atoms with Crippen molar-refractivity contribution in [2.45, 2.75) is 70.4 Å². The normalized spacial score (nSPS) is 29.9. The Hall–Kier alpha value is -2.15. The van der Waals surface area contributed by atoms with Crippen molar-refractivity contribution in [1.29, 1.82) is 0 Å². The molecule has 2 aromatic rings. The zero-order valence-electron chi connectivity index (χ0n) is 20.2. The fourth-order valence-electron chi connectivity index (χ4n) is 4.49. The summed E-state index contributed by atoms with van der Waals surface area (Å²) in [6.07, 6.45) is -3.88. The maximum absolute atomic E-state index is 12.6. The average molecular weight is 525 g/mol. The third-order valence-corrected chi connectivity index (χ3v) is 7.48. The average Bonchev–Trinajstić information content (AvgIpc) is 3.38. The first-order valence-corrected chi connectivity index (χ1v) is 13.1. The smallest absolute Gasteiger partial charge is 0.330 e. The van der Waals surface area contributed by atoms with Crippen molar-refractivity contribution in [3.63, 3.8) is 0 Å². The number of phosphoric acid groups is 1. The van der Waals surface area contributed by atoms with Crippen LogP contribution in [0.5, 0.6) is 0 Å². The molecule has 3 N–H and O–H groups in total. The minimum absolute atomic E-state index is 0.00991. The first-order chi connectivity index (χ1) is 17.0. The van der Waals surface area contributed by atoms with E-state index in [1.54, 1.807) is 0 Å². The highest BCUT2D eigenvalue weighted by atomic mass is 31.2. The van der Waals surface area contributed by atoms with Gasteiger partial charge in [-0.1, -0.05) is 23.8 Å². The third kappa shape index (κ3) is 5.87. The number of hydrogen-bond donors (Lipinski definition) is 3. The van der Waals surface area contributed by atoms with E-state index >= 15 is 0 Å². The number of aliphatic hydroxyl groups excluding tert-OH is 2. The van der Waals surface area contributed by atoms with Crippen LogP contribution >= 0.6 is 7.82 Å². The number of phosphoric ester groups is 1. The Balaban J connectivity index is 1.37. The minimum Gasteiger partial charge on any atom is -0.756 e. The van der Waals surface area contributed by atoms with Gasteiger partial charge in [-0.05, 0) is 31.9 Å². The van der Waals surface area contributed by atoms with E-state index in [1.165, 1.54) is 13.1 Å². The van der Waals surface area contributed by atoms with Crippen molar-refractivity contribution in [2.75, 3.05) is 13.2 Å². The molecular formula is C23H30N2O10P-. The Bertz CT molecular complexity index is 1260. The van der Waals surface area contributed by atoms with Crippen LogP contribution in [0.1, 0.15) is 47.4 Å². The molecule has 0 spiro atoms. The monoisotopic (exact) mass is 525 g/mol. The predicted octanol–water partition coefficient (Wildman–Crippen LogP) is 0.503. The number of aryl methyl sites for hydroxylation is 3.